The number of ether oxygens (including phenoxy) is 1. The minimum absolute atomic E-state index is 0.0625. The molecule has 146 valence electrons. The molecule has 4 nitrogen and oxygen atoms in total. The van der Waals surface area contributed by atoms with Gasteiger partial charge in [0, 0.05) is 5.92 Å². The Bertz CT molecular complexity index is 883. The van der Waals surface area contributed by atoms with Crippen LogP contribution in [0.4, 0.5) is 0 Å². The third-order valence-corrected chi connectivity index (χ3v) is 6.82. The number of rotatable bonds is 6. The highest BCUT2D eigenvalue weighted by atomic mass is 79.9. The quantitative estimate of drug-likeness (QED) is 0.488. The number of nitrogens with zero attached hydrogens (tertiary/aromatic N) is 1. The van der Waals surface area contributed by atoms with Crippen LogP contribution in [0.5, 0.6) is 5.75 Å². The topological polar surface area (TPSA) is 50.7 Å². The Morgan fingerprint density at radius 3 is 2.82 bits per heavy atom. The largest absolute Gasteiger partial charge is 0.488 e. The van der Waals surface area contributed by atoms with Crippen molar-refractivity contribution in [2.24, 2.45) is 22.4 Å². The van der Waals surface area contributed by atoms with Crippen LogP contribution in [0.15, 0.2) is 58.1 Å². The SMILES string of the molecule is C[C@]12CCCC[C@@H]1[C@@H]2C(=O)N/N=C\c1ccc(OCc2ccccc2)c(Br)c1. The second-order valence-corrected chi connectivity index (χ2v) is 8.89. The van der Waals surface area contributed by atoms with Crippen molar-refractivity contribution in [3.63, 3.8) is 0 Å². The maximum absolute atomic E-state index is 12.5. The number of hydrogen-bond acceptors (Lipinski definition) is 3. The monoisotopic (exact) mass is 440 g/mol. The molecule has 0 aromatic heterocycles. The first-order valence-corrected chi connectivity index (χ1v) is 10.7. The van der Waals surface area contributed by atoms with Crippen LogP contribution in [-0.2, 0) is 11.4 Å². The van der Waals surface area contributed by atoms with Gasteiger partial charge in [0.15, 0.2) is 0 Å². The van der Waals surface area contributed by atoms with Gasteiger partial charge in [0.2, 0.25) is 5.91 Å². The standard InChI is InChI=1S/C23H25BrN2O2/c1-23-12-6-5-9-18(23)21(23)22(27)26-25-14-17-10-11-20(19(24)13-17)28-15-16-7-3-2-4-8-16/h2-4,7-8,10-11,13-14,18,21H,5-6,9,12,15H2,1H3,(H,26,27)/b25-14-/t18-,21-,23+/m1/s1. The highest BCUT2D eigenvalue weighted by Gasteiger charge is 2.64. The molecule has 3 atom stereocenters. The van der Waals surface area contributed by atoms with Crippen molar-refractivity contribution in [2.45, 2.75) is 39.2 Å². The van der Waals surface area contributed by atoms with Gasteiger partial charge in [0.05, 0.1) is 10.7 Å². The van der Waals surface area contributed by atoms with E-state index >= 15 is 0 Å². The second-order valence-electron chi connectivity index (χ2n) is 8.03. The van der Waals surface area contributed by atoms with Crippen LogP contribution in [-0.4, -0.2) is 12.1 Å². The van der Waals surface area contributed by atoms with E-state index in [0.717, 1.165) is 27.8 Å². The Labute approximate surface area is 174 Å². The maximum atomic E-state index is 12.5. The van der Waals surface area contributed by atoms with Crippen LogP contribution in [0.2, 0.25) is 0 Å². The first-order chi connectivity index (χ1) is 13.6. The molecular formula is C23H25BrN2O2. The van der Waals surface area contributed by atoms with Crippen molar-refractivity contribution in [2.75, 3.05) is 0 Å². The summed E-state index contributed by atoms with van der Waals surface area (Å²) >= 11 is 3.55. The summed E-state index contributed by atoms with van der Waals surface area (Å²) in [6.45, 7) is 2.76. The van der Waals surface area contributed by atoms with Gasteiger partial charge >= 0.3 is 0 Å². The second kappa shape index (κ2) is 8.08. The van der Waals surface area contributed by atoms with Crippen molar-refractivity contribution in [1.82, 2.24) is 5.43 Å². The Morgan fingerprint density at radius 1 is 1.29 bits per heavy atom. The summed E-state index contributed by atoms with van der Waals surface area (Å²) in [4.78, 5) is 12.5. The van der Waals surface area contributed by atoms with E-state index in [4.69, 9.17) is 4.74 Å². The van der Waals surface area contributed by atoms with Gasteiger partial charge in [-0.05, 0) is 69.4 Å². The minimum Gasteiger partial charge on any atom is -0.488 e. The Balaban J connectivity index is 1.31. The molecular weight excluding hydrogens is 416 g/mol. The van der Waals surface area contributed by atoms with Crippen molar-refractivity contribution in [3.05, 3.63) is 64.1 Å². The lowest BCUT2D eigenvalue weighted by Gasteiger charge is -2.15. The molecule has 1 N–H and O–H groups in total. The van der Waals surface area contributed by atoms with Crippen molar-refractivity contribution >= 4 is 28.1 Å². The van der Waals surface area contributed by atoms with Crippen LogP contribution < -0.4 is 10.2 Å². The summed E-state index contributed by atoms with van der Waals surface area (Å²) < 4.78 is 6.73. The highest BCUT2D eigenvalue weighted by molar-refractivity contribution is 9.10. The number of carbonyl (C=O) groups excluding carboxylic acids is 1. The summed E-state index contributed by atoms with van der Waals surface area (Å²) in [5.74, 6) is 1.52. The molecule has 0 radical (unpaired) electrons. The van der Waals surface area contributed by atoms with E-state index in [1.54, 1.807) is 6.21 Å². The number of fused-ring (bicyclic) bond motifs is 1. The molecule has 0 spiro atoms. The summed E-state index contributed by atoms with van der Waals surface area (Å²) in [5.41, 5.74) is 4.97. The first kappa shape index (κ1) is 19.2. The van der Waals surface area contributed by atoms with E-state index in [0.29, 0.717) is 12.5 Å². The van der Waals surface area contributed by atoms with E-state index in [-0.39, 0.29) is 17.2 Å². The summed E-state index contributed by atoms with van der Waals surface area (Å²) in [7, 11) is 0. The molecule has 28 heavy (non-hydrogen) atoms. The summed E-state index contributed by atoms with van der Waals surface area (Å²) in [5, 5.41) is 4.17. The predicted octanol–water partition coefficient (Wildman–Crippen LogP) is 5.30. The fourth-order valence-corrected chi connectivity index (χ4v) is 5.05. The molecule has 0 aliphatic heterocycles. The Hall–Kier alpha value is -2.14. The zero-order chi connectivity index (χ0) is 19.6. The fourth-order valence-electron chi connectivity index (χ4n) is 4.54. The van der Waals surface area contributed by atoms with E-state index in [1.807, 2.05) is 48.5 Å². The first-order valence-electron chi connectivity index (χ1n) is 9.87. The number of nitrogens with one attached hydrogen (secondary N) is 1. The molecule has 1 amide bonds. The number of amides is 1. The van der Waals surface area contributed by atoms with E-state index in [9.17, 15) is 4.79 Å². The number of benzene rings is 2. The molecule has 2 saturated carbocycles. The van der Waals surface area contributed by atoms with Crippen LogP contribution in [0, 0.1) is 17.3 Å². The molecule has 5 heteroatoms. The van der Waals surface area contributed by atoms with Crippen LogP contribution in [0.25, 0.3) is 0 Å². The zero-order valence-corrected chi connectivity index (χ0v) is 17.6. The predicted molar refractivity (Wildman–Crippen MR) is 114 cm³/mol. The molecule has 0 saturated heterocycles. The lowest BCUT2D eigenvalue weighted by atomic mass is 9.90. The van der Waals surface area contributed by atoms with Gasteiger partial charge in [-0.1, -0.05) is 50.1 Å². The average molecular weight is 441 g/mol. The average Bonchev–Trinajstić information content (AvgIpc) is 3.33. The van der Waals surface area contributed by atoms with Gasteiger partial charge in [0.1, 0.15) is 12.4 Å². The Kier molecular flexibility index (Phi) is 5.54. The van der Waals surface area contributed by atoms with E-state index in [1.165, 1.54) is 19.3 Å². The number of hydrogen-bond donors (Lipinski definition) is 1. The van der Waals surface area contributed by atoms with E-state index in [2.05, 4.69) is 33.4 Å². The number of carbonyl (C=O) groups is 1. The van der Waals surface area contributed by atoms with Crippen molar-refractivity contribution in [3.8, 4) is 5.75 Å². The van der Waals surface area contributed by atoms with Crippen molar-refractivity contribution in [1.29, 1.82) is 0 Å². The summed E-state index contributed by atoms with van der Waals surface area (Å²) in [6, 6.07) is 15.8. The van der Waals surface area contributed by atoms with Gasteiger partial charge in [-0.2, -0.15) is 5.10 Å². The van der Waals surface area contributed by atoms with Gasteiger partial charge in [-0.25, -0.2) is 5.43 Å². The van der Waals surface area contributed by atoms with Gasteiger partial charge in [0.25, 0.3) is 0 Å². The van der Waals surface area contributed by atoms with Crippen LogP contribution in [0.1, 0.15) is 43.7 Å². The molecule has 2 aromatic carbocycles. The minimum atomic E-state index is 0.0625. The van der Waals surface area contributed by atoms with Gasteiger partial charge in [-0.3, -0.25) is 4.79 Å². The Morgan fingerprint density at radius 2 is 2.11 bits per heavy atom. The summed E-state index contributed by atoms with van der Waals surface area (Å²) in [6.07, 6.45) is 6.51. The van der Waals surface area contributed by atoms with Crippen molar-refractivity contribution < 1.29 is 9.53 Å². The molecule has 0 unspecified atom stereocenters. The normalized spacial score (nSPS) is 25.9. The maximum Gasteiger partial charge on any atom is 0.244 e. The van der Waals surface area contributed by atoms with Crippen LogP contribution in [0.3, 0.4) is 0 Å². The lowest BCUT2D eigenvalue weighted by Crippen LogP contribution is -2.22. The molecule has 0 heterocycles. The lowest BCUT2D eigenvalue weighted by molar-refractivity contribution is -0.123. The smallest absolute Gasteiger partial charge is 0.244 e. The molecule has 2 aromatic rings. The molecule has 4 rings (SSSR count). The van der Waals surface area contributed by atoms with Crippen LogP contribution >= 0.6 is 15.9 Å². The third kappa shape index (κ3) is 4.00. The van der Waals surface area contributed by atoms with Gasteiger partial charge < -0.3 is 4.74 Å². The van der Waals surface area contributed by atoms with Gasteiger partial charge in [-0.15, -0.1) is 0 Å². The molecule has 0 bridgehead atoms. The van der Waals surface area contributed by atoms with E-state index < -0.39 is 0 Å². The third-order valence-electron chi connectivity index (χ3n) is 6.20. The number of hydrazone groups is 1. The zero-order valence-electron chi connectivity index (χ0n) is 16.0. The fraction of sp³-hybridized carbons (Fsp3) is 0.391. The number of halogens is 1. The molecule has 2 fully saturated rings. The molecule has 2 aliphatic rings. The molecule has 2 aliphatic carbocycles. The highest BCUT2D eigenvalue weighted by Crippen LogP contribution is 2.66.